The van der Waals surface area contributed by atoms with Gasteiger partial charge < -0.3 is 19.4 Å². The lowest BCUT2D eigenvalue weighted by molar-refractivity contribution is -0.136. The van der Waals surface area contributed by atoms with Crippen LogP contribution in [0.25, 0.3) is 0 Å². The zero-order valence-corrected chi connectivity index (χ0v) is 20.7. The lowest BCUT2D eigenvalue weighted by Crippen LogP contribution is -2.41. The number of carbonyl (C=O) groups excluding carboxylic acids is 3. The van der Waals surface area contributed by atoms with Gasteiger partial charge in [-0.15, -0.1) is 6.58 Å². The van der Waals surface area contributed by atoms with Gasteiger partial charge in [-0.25, -0.2) is 0 Å². The molecule has 9 heteroatoms. The van der Waals surface area contributed by atoms with E-state index >= 15 is 0 Å². The highest BCUT2D eigenvalue weighted by Gasteiger charge is 2.38. The van der Waals surface area contributed by atoms with Gasteiger partial charge in [-0.3, -0.25) is 19.1 Å². The molecule has 0 N–H and O–H groups in total. The molecule has 3 heterocycles. The smallest absolute Gasteiger partial charge is 0.274 e. The van der Waals surface area contributed by atoms with Gasteiger partial charge in [-0.1, -0.05) is 18.2 Å². The number of fused-ring (bicyclic) bond motifs is 1. The van der Waals surface area contributed by atoms with Crippen molar-refractivity contribution in [1.82, 2.24) is 24.5 Å². The van der Waals surface area contributed by atoms with E-state index in [0.29, 0.717) is 44.8 Å². The summed E-state index contributed by atoms with van der Waals surface area (Å²) in [7, 11) is 5.05. The molecule has 2 aliphatic heterocycles. The topological polar surface area (TPSA) is 88.0 Å². The van der Waals surface area contributed by atoms with Crippen LogP contribution >= 0.6 is 0 Å². The molecule has 9 nitrogen and oxygen atoms in total. The SMILES string of the molecule is C=CCN1CC(C(=O)N2CCc3c(c(C(=O)N(C)C)nn3CCc3ccc(OC)cc3)C2)CC1=O. The van der Waals surface area contributed by atoms with Crippen molar-refractivity contribution in [2.24, 2.45) is 5.92 Å². The molecule has 1 aromatic carbocycles. The molecular weight excluding hydrogens is 446 g/mol. The second kappa shape index (κ2) is 10.3. The summed E-state index contributed by atoms with van der Waals surface area (Å²) in [4.78, 5) is 43.4. The van der Waals surface area contributed by atoms with Crippen molar-refractivity contribution in [3.8, 4) is 5.75 Å². The van der Waals surface area contributed by atoms with E-state index < -0.39 is 0 Å². The average Bonchev–Trinajstić information content (AvgIpc) is 3.42. The zero-order valence-electron chi connectivity index (χ0n) is 20.7. The molecular formula is C26H33N5O4. The van der Waals surface area contributed by atoms with Crippen LogP contribution in [0.2, 0.25) is 0 Å². The number of carbonyl (C=O) groups is 3. The van der Waals surface area contributed by atoms with Crippen molar-refractivity contribution in [3.63, 3.8) is 0 Å². The number of aryl methyl sites for hydroxylation is 2. The van der Waals surface area contributed by atoms with Gasteiger partial charge >= 0.3 is 0 Å². The molecule has 1 aromatic heterocycles. The molecule has 0 spiro atoms. The summed E-state index contributed by atoms with van der Waals surface area (Å²) in [5, 5.41) is 4.69. The Morgan fingerprint density at radius 1 is 1.26 bits per heavy atom. The van der Waals surface area contributed by atoms with Gasteiger partial charge in [-0.05, 0) is 24.1 Å². The Hall–Kier alpha value is -3.62. The molecule has 1 fully saturated rings. The number of ether oxygens (including phenoxy) is 1. The summed E-state index contributed by atoms with van der Waals surface area (Å²) in [6, 6.07) is 7.92. The van der Waals surface area contributed by atoms with E-state index in [1.165, 1.54) is 4.90 Å². The van der Waals surface area contributed by atoms with Gasteiger partial charge in [0.1, 0.15) is 5.75 Å². The summed E-state index contributed by atoms with van der Waals surface area (Å²) < 4.78 is 7.15. The molecule has 1 saturated heterocycles. The molecule has 1 unspecified atom stereocenters. The first-order valence-corrected chi connectivity index (χ1v) is 11.9. The minimum absolute atomic E-state index is 0.0178. The number of methoxy groups -OCH3 is 1. The molecule has 0 aliphatic carbocycles. The standard InChI is InChI=1S/C26H33N5O4/c1-5-12-29-16-19(15-23(29)32)25(33)30-13-11-22-21(17-30)24(26(34)28(2)3)27-31(22)14-10-18-6-8-20(35-4)9-7-18/h5-9,19H,1,10-17H2,2-4H3. The fraction of sp³-hybridized carbons (Fsp3) is 0.462. The minimum atomic E-state index is -0.359. The van der Waals surface area contributed by atoms with E-state index in [4.69, 9.17) is 9.84 Å². The largest absolute Gasteiger partial charge is 0.497 e. The molecule has 1 atom stereocenters. The van der Waals surface area contributed by atoms with Gasteiger partial charge in [0.2, 0.25) is 11.8 Å². The summed E-state index contributed by atoms with van der Waals surface area (Å²) >= 11 is 0. The molecule has 0 bridgehead atoms. The molecule has 2 aliphatic rings. The van der Waals surface area contributed by atoms with Gasteiger partial charge in [0.05, 0.1) is 13.0 Å². The number of benzene rings is 1. The third kappa shape index (κ3) is 5.08. The zero-order chi connectivity index (χ0) is 25.1. The summed E-state index contributed by atoms with van der Waals surface area (Å²) in [5.41, 5.74) is 3.36. The third-order valence-electron chi connectivity index (χ3n) is 6.74. The van der Waals surface area contributed by atoms with Crippen LogP contribution in [0.1, 0.15) is 33.7 Å². The van der Waals surface area contributed by atoms with E-state index in [1.807, 2.05) is 28.9 Å². The van der Waals surface area contributed by atoms with Crippen molar-refractivity contribution >= 4 is 17.7 Å². The summed E-state index contributed by atoms with van der Waals surface area (Å²) in [6.45, 7) is 6.07. The Kier molecular flexibility index (Phi) is 7.23. The molecule has 2 aromatic rings. The molecule has 186 valence electrons. The Morgan fingerprint density at radius 2 is 2.00 bits per heavy atom. The Balaban J connectivity index is 1.53. The van der Waals surface area contributed by atoms with Crippen molar-refractivity contribution in [2.45, 2.75) is 32.4 Å². The molecule has 4 rings (SSSR count). The Morgan fingerprint density at radius 3 is 2.66 bits per heavy atom. The number of amides is 3. The molecule has 0 radical (unpaired) electrons. The predicted molar refractivity (Wildman–Crippen MR) is 131 cm³/mol. The first-order chi connectivity index (χ1) is 16.8. The maximum absolute atomic E-state index is 13.3. The van der Waals surface area contributed by atoms with Gasteiger partial charge in [0.25, 0.3) is 5.91 Å². The normalized spacial score (nSPS) is 17.3. The van der Waals surface area contributed by atoms with E-state index in [-0.39, 0.29) is 30.1 Å². The highest BCUT2D eigenvalue weighted by Crippen LogP contribution is 2.27. The number of likely N-dealkylation sites (tertiary alicyclic amines) is 1. The van der Waals surface area contributed by atoms with Crippen LogP contribution in [0.3, 0.4) is 0 Å². The number of hydrogen-bond donors (Lipinski definition) is 0. The first-order valence-electron chi connectivity index (χ1n) is 11.9. The lowest BCUT2D eigenvalue weighted by Gasteiger charge is -2.30. The van der Waals surface area contributed by atoms with Crippen LogP contribution in [0.15, 0.2) is 36.9 Å². The van der Waals surface area contributed by atoms with Crippen LogP contribution in [0.5, 0.6) is 5.75 Å². The monoisotopic (exact) mass is 479 g/mol. The van der Waals surface area contributed by atoms with Crippen molar-refractivity contribution in [1.29, 1.82) is 0 Å². The number of nitrogens with zero attached hydrogens (tertiary/aromatic N) is 5. The highest BCUT2D eigenvalue weighted by atomic mass is 16.5. The lowest BCUT2D eigenvalue weighted by atomic mass is 10.0. The average molecular weight is 480 g/mol. The number of aromatic nitrogens is 2. The van der Waals surface area contributed by atoms with E-state index in [1.54, 1.807) is 37.1 Å². The number of rotatable bonds is 8. The van der Waals surface area contributed by atoms with Crippen LogP contribution < -0.4 is 4.74 Å². The molecule has 0 saturated carbocycles. The van der Waals surface area contributed by atoms with E-state index in [0.717, 1.165) is 29.0 Å². The molecule has 35 heavy (non-hydrogen) atoms. The number of hydrogen-bond acceptors (Lipinski definition) is 5. The van der Waals surface area contributed by atoms with Crippen molar-refractivity contribution in [2.75, 3.05) is 40.8 Å². The predicted octanol–water partition coefficient (Wildman–Crippen LogP) is 1.76. The minimum Gasteiger partial charge on any atom is -0.497 e. The quantitative estimate of drug-likeness (QED) is 0.539. The fourth-order valence-corrected chi connectivity index (χ4v) is 4.80. The van der Waals surface area contributed by atoms with Crippen molar-refractivity contribution in [3.05, 3.63) is 59.4 Å². The Bertz CT molecular complexity index is 1120. The van der Waals surface area contributed by atoms with E-state index in [9.17, 15) is 14.4 Å². The molecule has 3 amide bonds. The van der Waals surface area contributed by atoms with E-state index in [2.05, 4.69) is 6.58 Å². The van der Waals surface area contributed by atoms with Gasteiger partial charge in [0.15, 0.2) is 5.69 Å². The second-order valence-corrected chi connectivity index (χ2v) is 9.29. The maximum Gasteiger partial charge on any atom is 0.274 e. The van der Waals surface area contributed by atoms with Crippen LogP contribution in [-0.2, 0) is 35.5 Å². The highest BCUT2D eigenvalue weighted by molar-refractivity contribution is 5.94. The van der Waals surface area contributed by atoms with Gasteiger partial charge in [-0.2, -0.15) is 5.10 Å². The van der Waals surface area contributed by atoms with Gasteiger partial charge in [0, 0.05) is 70.9 Å². The third-order valence-corrected chi connectivity index (χ3v) is 6.74. The van der Waals surface area contributed by atoms with Crippen LogP contribution in [0, 0.1) is 5.92 Å². The second-order valence-electron chi connectivity index (χ2n) is 9.29. The maximum atomic E-state index is 13.3. The summed E-state index contributed by atoms with van der Waals surface area (Å²) in [6.07, 6.45) is 3.28. The van der Waals surface area contributed by atoms with Crippen molar-refractivity contribution < 1.29 is 19.1 Å². The fourth-order valence-electron chi connectivity index (χ4n) is 4.80. The van der Waals surface area contributed by atoms with Crippen LogP contribution in [-0.4, -0.2) is 83.0 Å². The summed E-state index contributed by atoms with van der Waals surface area (Å²) in [5.74, 6) is 0.222. The van der Waals surface area contributed by atoms with Crippen LogP contribution in [0.4, 0.5) is 0 Å². The Labute approximate surface area is 205 Å². The first kappa shape index (κ1) is 24.5.